The molecule has 4 nitrogen and oxygen atoms in total. The summed E-state index contributed by atoms with van der Waals surface area (Å²) < 4.78 is 0. The zero-order chi connectivity index (χ0) is 19.3. The van der Waals surface area contributed by atoms with E-state index in [4.69, 9.17) is 23.2 Å². The zero-order valence-electron chi connectivity index (χ0n) is 15.1. The summed E-state index contributed by atoms with van der Waals surface area (Å²) in [5, 5.41) is 3.45. The van der Waals surface area contributed by atoms with Gasteiger partial charge in [0.15, 0.2) is 0 Å². The molecule has 26 heavy (non-hydrogen) atoms. The number of hydrogen-bond donors (Lipinski definition) is 1. The first-order chi connectivity index (χ1) is 12.3. The predicted molar refractivity (Wildman–Crippen MR) is 105 cm³/mol. The number of likely N-dealkylation sites (N-methyl/N-ethyl adjacent to an activating group) is 1. The summed E-state index contributed by atoms with van der Waals surface area (Å²) >= 11 is 12.0. The van der Waals surface area contributed by atoms with Crippen LogP contribution in [0.25, 0.3) is 0 Å². The first-order valence-corrected chi connectivity index (χ1v) is 9.08. The molecular weight excluding hydrogens is 371 g/mol. The Morgan fingerprint density at radius 1 is 1.08 bits per heavy atom. The standard InChI is InChI=1S/C20H22Cl2N2O2/c1-13-5-4-6-16(9-13)12-24(14(2)20(26)23-3)19(25)11-15-7-8-17(21)18(22)10-15/h4-10,14H,11-12H2,1-3H3,(H,23,26)/t14-/m1/s1. The Labute approximate surface area is 164 Å². The summed E-state index contributed by atoms with van der Waals surface area (Å²) in [4.78, 5) is 26.6. The summed E-state index contributed by atoms with van der Waals surface area (Å²) in [6.07, 6.45) is 0.143. The van der Waals surface area contributed by atoms with Gasteiger partial charge in [-0.15, -0.1) is 0 Å². The van der Waals surface area contributed by atoms with Crippen molar-refractivity contribution in [1.82, 2.24) is 10.2 Å². The highest BCUT2D eigenvalue weighted by atomic mass is 35.5. The average Bonchev–Trinajstić information content (AvgIpc) is 2.61. The molecule has 6 heteroatoms. The topological polar surface area (TPSA) is 49.4 Å². The van der Waals surface area contributed by atoms with E-state index in [1.807, 2.05) is 31.2 Å². The largest absolute Gasteiger partial charge is 0.357 e. The van der Waals surface area contributed by atoms with Gasteiger partial charge in [-0.1, -0.05) is 59.1 Å². The van der Waals surface area contributed by atoms with E-state index in [-0.39, 0.29) is 18.2 Å². The number of aryl methyl sites for hydroxylation is 1. The van der Waals surface area contributed by atoms with Crippen molar-refractivity contribution >= 4 is 35.0 Å². The third kappa shape index (κ3) is 5.23. The van der Waals surface area contributed by atoms with Gasteiger partial charge < -0.3 is 10.2 Å². The Morgan fingerprint density at radius 3 is 2.42 bits per heavy atom. The lowest BCUT2D eigenvalue weighted by Gasteiger charge is -2.28. The van der Waals surface area contributed by atoms with E-state index in [1.165, 1.54) is 0 Å². The highest BCUT2D eigenvalue weighted by Crippen LogP contribution is 2.23. The van der Waals surface area contributed by atoms with Gasteiger partial charge in [-0.05, 0) is 37.1 Å². The van der Waals surface area contributed by atoms with Crippen molar-refractivity contribution in [2.45, 2.75) is 32.9 Å². The molecule has 138 valence electrons. The fraction of sp³-hybridized carbons (Fsp3) is 0.300. The maximum Gasteiger partial charge on any atom is 0.242 e. The van der Waals surface area contributed by atoms with Crippen molar-refractivity contribution in [2.24, 2.45) is 0 Å². The first kappa shape index (κ1) is 20.3. The Balaban J connectivity index is 2.25. The third-order valence-corrected chi connectivity index (χ3v) is 4.93. The molecular formula is C20H22Cl2N2O2. The molecule has 0 aliphatic rings. The van der Waals surface area contributed by atoms with Crippen LogP contribution in [0, 0.1) is 6.92 Å². The number of benzene rings is 2. The van der Waals surface area contributed by atoms with Crippen molar-refractivity contribution in [3.63, 3.8) is 0 Å². The Kier molecular flexibility index (Phi) is 7.06. The molecule has 0 aromatic heterocycles. The van der Waals surface area contributed by atoms with Crippen LogP contribution in [-0.4, -0.2) is 29.8 Å². The van der Waals surface area contributed by atoms with Crippen LogP contribution in [-0.2, 0) is 22.6 Å². The molecule has 2 aromatic carbocycles. The highest BCUT2D eigenvalue weighted by Gasteiger charge is 2.25. The monoisotopic (exact) mass is 392 g/mol. The summed E-state index contributed by atoms with van der Waals surface area (Å²) in [6.45, 7) is 4.07. The second kappa shape index (κ2) is 9.06. The molecule has 0 bridgehead atoms. The molecule has 1 N–H and O–H groups in total. The fourth-order valence-electron chi connectivity index (χ4n) is 2.72. The van der Waals surface area contributed by atoms with E-state index < -0.39 is 6.04 Å². The van der Waals surface area contributed by atoms with Gasteiger partial charge in [0.05, 0.1) is 16.5 Å². The van der Waals surface area contributed by atoms with Crippen molar-refractivity contribution in [2.75, 3.05) is 7.05 Å². The number of nitrogens with one attached hydrogen (secondary N) is 1. The van der Waals surface area contributed by atoms with Gasteiger partial charge in [0.2, 0.25) is 11.8 Å². The van der Waals surface area contributed by atoms with Crippen LogP contribution in [0.4, 0.5) is 0 Å². The number of carbonyl (C=O) groups is 2. The molecule has 0 aliphatic carbocycles. The Hall–Kier alpha value is -2.04. The van der Waals surface area contributed by atoms with Crippen LogP contribution in [0.15, 0.2) is 42.5 Å². The Bertz CT molecular complexity index is 808. The smallest absolute Gasteiger partial charge is 0.242 e. The molecule has 2 aromatic rings. The van der Waals surface area contributed by atoms with Crippen molar-refractivity contribution in [3.05, 3.63) is 69.2 Å². The normalized spacial score (nSPS) is 11.7. The number of nitrogens with zero attached hydrogens (tertiary/aromatic N) is 1. The maximum atomic E-state index is 12.9. The van der Waals surface area contributed by atoms with Gasteiger partial charge in [0.25, 0.3) is 0 Å². The summed E-state index contributed by atoms with van der Waals surface area (Å²) in [7, 11) is 1.56. The molecule has 1 atom stereocenters. The number of carbonyl (C=O) groups excluding carboxylic acids is 2. The van der Waals surface area contributed by atoms with E-state index in [0.717, 1.165) is 16.7 Å². The van der Waals surface area contributed by atoms with Gasteiger partial charge in [0, 0.05) is 13.6 Å². The number of hydrogen-bond acceptors (Lipinski definition) is 2. The van der Waals surface area contributed by atoms with Crippen LogP contribution in [0.1, 0.15) is 23.6 Å². The van der Waals surface area contributed by atoms with Gasteiger partial charge in [-0.2, -0.15) is 0 Å². The van der Waals surface area contributed by atoms with E-state index >= 15 is 0 Å². The molecule has 0 fully saturated rings. The van der Waals surface area contributed by atoms with E-state index in [9.17, 15) is 9.59 Å². The molecule has 0 heterocycles. The maximum absolute atomic E-state index is 12.9. The molecule has 0 saturated heterocycles. The third-order valence-electron chi connectivity index (χ3n) is 4.19. The van der Waals surface area contributed by atoms with Crippen molar-refractivity contribution < 1.29 is 9.59 Å². The average molecular weight is 393 g/mol. The van der Waals surface area contributed by atoms with Gasteiger partial charge in [-0.3, -0.25) is 9.59 Å². The lowest BCUT2D eigenvalue weighted by Crippen LogP contribution is -2.47. The molecule has 0 radical (unpaired) electrons. The van der Waals surface area contributed by atoms with Crippen LogP contribution in [0.5, 0.6) is 0 Å². The number of amides is 2. The predicted octanol–water partition coefficient (Wildman–Crippen LogP) is 4.01. The van der Waals surface area contributed by atoms with Crippen LogP contribution >= 0.6 is 23.2 Å². The second-order valence-electron chi connectivity index (χ2n) is 6.23. The lowest BCUT2D eigenvalue weighted by molar-refractivity contribution is -0.139. The molecule has 0 aliphatic heterocycles. The van der Waals surface area contributed by atoms with Crippen LogP contribution in [0.2, 0.25) is 10.0 Å². The van der Waals surface area contributed by atoms with E-state index in [0.29, 0.717) is 16.6 Å². The summed E-state index contributed by atoms with van der Waals surface area (Å²) in [6, 6.07) is 12.4. The molecule has 2 amide bonds. The molecule has 0 spiro atoms. The second-order valence-corrected chi connectivity index (χ2v) is 7.04. The van der Waals surface area contributed by atoms with Crippen molar-refractivity contribution in [3.8, 4) is 0 Å². The fourth-order valence-corrected chi connectivity index (χ4v) is 3.05. The minimum Gasteiger partial charge on any atom is -0.357 e. The van der Waals surface area contributed by atoms with Gasteiger partial charge >= 0.3 is 0 Å². The van der Waals surface area contributed by atoms with E-state index in [2.05, 4.69) is 5.32 Å². The lowest BCUT2D eigenvalue weighted by atomic mass is 10.1. The first-order valence-electron chi connectivity index (χ1n) is 8.32. The molecule has 0 saturated carbocycles. The number of rotatable bonds is 6. The highest BCUT2D eigenvalue weighted by molar-refractivity contribution is 6.42. The minimum atomic E-state index is -0.587. The summed E-state index contributed by atoms with van der Waals surface area (Å²) in [5.74, 6) is -0.360. The van der Waals surface area contributed by atoms with Crippen LogP contribution < -0.4 is 5.32 Å². The SMILES string of the molecule is CNC(=O)[C@@H](C)N(Cc1cccc(C)c1)C(=O)Cc1ccc(Cl)c(Cl)c1. The number of halogens is 2. The molecule has 2 rings (SSSR count). The molecule has 0 unspecified atom stereocenters. The minimum absolute atomic E-state index is 0.143. The zero-order valence-corrected chi connectivity index (χ0v) is 16.6. The van der Waals surface area contributed by atoms with E-state index in [1.54, 1.807) is 37.1 Å². The van der Waals surface area contributed by atoms with Gasteiger partial charge in [-0.25, -0.2) is 0 Å². The van der Waals surface area contributed by atoms with Gasteiger partial charge in [0.1, 0.15) is 6.04 Å². The van der Waals surface area contributed by atoms with Crippen LogP contribution in [0.3, 0.4) is 0 Å². The quantitative estimate of drug-likeness (QED) is 0.806. The Morgan fingerprint density at radius 2 is 1.81 bits per heavy atom. The van der Waals surface area contributed by atoms with Crippen molar-refractivity contribution in [1.29, 1.82) is 0 Å². The summed E-state index contributed by atoms with van der Waals surface area (Å²) in [5.41, 5.74) is 2.83.